The molecule has 84 valence electrons. The number of hydrogen-bond acceptors (Lipinski definition) is 5. The third kappa shape index (κ3) is 2.15. The number of nitrogens with zero attached hydrogens (tertiary/aromatic N) is 4. The van der Waals surface area contributed by atoms with Crippen molar-refractivity contribution in [3.8, 4) is 11.4 Å². The molecule has 2 aromatic rings. The maximum atomic E-state index is 5.88. The first-order valence-corrected chi connectivity index (χ1v) is 5.97. The Kier molecular flexibility index (Phi) is 3.07. The molecule has 0 aliphatic rings. The molecule has 0 amide bonds. The molecule has 2 rings (SSSR count). The minimum Gasteiger partial charge on any atom is -0.347 e. The van der Waals surface area contributed by atoms with Gasteiger partial charge in [-0.3, -0.25) is 0 Å². The van der Waals surface area contributed by atoms with E-state index < -0.39 is 0 Å². The third-order valence-electron chi connectivity index (χ3n) is 2.10. The van der Waals surface area contributed by atoms with E-state index in [-0.39, 0.29) is 5.28 Å². The van der Waals surface area contributed by atoms with Gasteiger partial charge in [-0.15, -0.1) is 11.3 Å². The zero-order valence-electron chi connectivity index (χ0n) is 9.23. The fourth-order valence-electron chi connectivity index (χ4n) is 1.28. The molecule has 6 heteroatoms. The average Bonchev–Trinajstić information content (AvgIpc) is 2.63. The van der Waals surface area contributed by atoms with Crippen molar-refractivity contribution >= 4 is 28.9 Å². The number of thiophene rings is 1. The third-order valence-corrected chi connectivity index (χ3v) is 3.11. The molecule has 2 heterocycles. The van der Waals surface area contributed by atoms with E-state index in [4.69, 9.17) is 11.6 Å². The van der Waals surface area contributed by atoms with Crippen molar-refractivity contribution in [2.24, 2.45) is 0 Å². The van der Waals surface area contributed by atoms with Crippen LogP contribution in [0.5, 0.6) is 0 Å². The van der Waals surface area contributed by atoms with Crippen LogP contribution in [0.3, 0.4) is 0 Å². The highest BCUT2D eigenvalue weighted by molar-refractivity contribution is 7.10. The molecule has 0 atom stereocenters. The SMILES string of the molecule is Cc1sccc1-c1nc(Cl)nc(N(C)C)n1. The van der Waals surface area contributed by atoms with E-state index in [0.29, 0.717) is 11.8 Å². The summed E-state index contributed by atoms with van der Waals surface area (Å²) < 4.78 is 0. The highest BCUT2D eigenvalue weighted by atomic mass is 35.5. The summed E-state index contributed by atoms with van der Waals surface area (Å²) in [7, 11) is 3.74. The van der Waals surface area contributed by atoms with Gasteiger partial charge < -0.3 is 4.90 Å². The Labute approximate surface area is 103 Å². The van der Waals surface area contributed by atoms with Crippen LogP contribution in [0.15, 0.2) is 11.4 Å². The summed E-state index contributed by atoms with van der Waals surface area (Å²) in [6.45, 7) is 2.03. The lowest BCUT2D eigenvalue weighted by atomic mass is 10.2. The molecular weight excluding hydrogens is 244 g/mol. The molecule has 2 aromatic heterocycles. The smallest absolute Gasteiger partial charge is 0.229 e. The Balaban J connectivity index is 2.54. The fourth-order valence-corrected chi connectivity index (χ4v) is 2.13. The number of halogens is 1. The lowest BCUT2D eigenvalue weighted by Crippen LogP contribution is -2.13. The van der Waals surface area contributed by atoms with E-state index in [1.165, 1.54) is 4.88 Å². The van der Waals surface area contributed by atoms with E-state index in [2.05, 4.69) is 15.0 Å². The van der Waals surface area contributed by atoms with Crippen molar-refractivity contribution < 1.29 is 0 Å². The molecule has 0 aliphatic carbocycles. The highest BCUT2D eigenvalue weighted by Crippen LogP contribution is 2.26. The van der Waals surface area contributed by atoms with Gasteiger partial charge in [0.2, 0.25) is 11.2 Å². The zero-order valence-corrected chi connectivity index (χ0v) is 10.8. The second-order valence-electron chi connectivity index (χ2n) is 3.51. The summed E-state index contributed by atoms with van der Waals surface area (Å²) in [6, 6.07) is 1.99. The van der Waals surface area contributed by atoms with Gasteiger partial charge in [-0.2, -0.15) is 15.0 Å². The molecule has 0 fully saturated rings. The van der Waals surface area contributed by atoms with Gasteiger partial charge in [0.25, 0.3) is 0 Å². The summed E-state index contributed by atoms with van der Waals surface area (Å²) in [5, 5.41) is 2.23. The molecule has 4 nitrogen and oxygen atoms in total. The van der Waals surface area contributed by atoms with Gasteiger partial charge in [-0.25, -0.2) is 0 Å². The molecule has 0 spiro atoms. The number of anilines is 1. The number of aryl methyl sites for hydroxylation is 1. The first-order chi connectivity index (χ1) is 7.58. The average molecular weight is 255 g/mol. The van der Waals surface area contributed by atoms with Crippen molar-refractivity contribution in [2.45, 2.75) is 6.92 Å². The Morgan fingerprint density at radius 3 is 2.56 bits per heavy atom. The van der Waals surface area contributed by atoms with Crippen molar-refractivity contribution in [1.82, 2.24) is 15.0 Å². The van der Waals surface area contributed by atoms with Gasteiger partial charge in [0.15, 0.2) is 5.82 Å². The van der Waals surface area contributed by atoms with Crippen molar-refractivity contribution in [1.29, 1.82) is 0 Å². The standard InChI is InChI=1S/C10H11ClN4S/c1-6-7(4-5-16-6)8-12-9(11)14-10(13-8)15(2)3/h4-5H,1-3H3. The summed E-state index contributed by atoms with van der Waals surface area (Å²) in [5.41, 5.74) is 1.01. The van der Waals surface area contributed by atoms with E-state index in [9.17, 15) is 0 Å². The quantitative estimate of drug-likeness (QED) is 0.826. The maximum Gasteiger partial charge on any atom is 0.229 e. The van der Waals surface area contributed by atoms with Crippen LogP contribution >= 0.6 is 22.9 Å². The number of aromatic nitrogens is 3. The minimum atomic E-state index is 0.222. The van der Waals surface area contributed by atoms with Crippen LogP contribution < -0.4 is 4.90 Å². The molecule has 0 aliphatic heterocycles. The predicted octanol–water partition coefficient (Wildman–Crippen LogP) is 2.63. The first kappa shape index (κ1) is 11.3. The van der Waals surface area contributed by atoms with E-state index in [1.54, 1.807) is 16.2 Å². The molecule has 0 radical (unpaired) electrons. The van der Waals surface area contributed by atoms with Crippen LogP contribution in [0, 0.1) is 6.92 Å². The van der Waals surface area contributed by atoms with Gasteiger partial charge in [-0.05, 0) is 30.0 Å². The van der Waals surface area contributed by atoms with Crippen LogP contribution in [0.4, 0.5) is 5.95 Å². The second kappa shape index (κ2) is 4.35. The van der Waals surface area contributed by atoms with Gasteiger partial charge in [0.05, 0.1) is 0 Å². The van der Waals surface area contributed by atoms with Gasteiger partial charge in [0, 0.05) is 24.5 Å². The Morgan fingerprint density at radius 1 is 1.25 bits per heavy atom. The summed E-state index contributed by atoms with van der Waals surface area (Å²) >= 11 is 7.54. The van der Waals surface area contributed by atoms with Crippen LogP contribution in [0.2, 0.25) is 5.28 Å². The van der Waals surface area contributed by atoms with E-state index in [0.717, 1.165) is 5.56 Å². The Hall–Kier alpha value is -1.20. The zero-order chi connectivity index (χ0) is 11.7. The molecule has 0 saturated carbocycles. The summed E-state index contributed by atoms with van der Waals surface area (Å²) in [5.74, 6) is 1.20. The first-order valence-electron chi connectivity index (χ1n) is 4.71. The van der Waals surface area contributed by atoms with Crippen LogP contribution in [0.25, 0.3) is 11.4 Å². The maximum absolute atomic E-state index is 5.88. The monoisotopic (exact) mass is 254 g/mol. The molecule has 0 bridgehead atoms. The lowest BCUT2D eigenvalue weighted by molar-refractivity contribution is 0.961. The molecule has 0 aromatic carbocycles. The molecule has 0 N–H and O–H groups in total. The molecule has 16 heavy (non-hydrogen) atoms. The Bertz CT molecular complexity index is 509. The minimum absolute atomic E-state index is 0.222. The van der Waals surface area contributed by atoms with E-state index in [1.807, 2.05) is 32.5 Å². The largest absolute Gasteiger partial charge is 0.347 e. The number of hydrogen-bond donors (Lipinski definition) is 0. The molecule has 0 saturated heterocycles. The summed E-state index contributed by atoms with van der Waals surface area (Å²) in [6.07, 6.45) is 0. The normalized spacial score (nSPS) is 10.5. The van der Waals surface area contributed by atoms with Gasteiger partial charge in [-0.1, -0.05) is 0 Å². The van der Waals surface area contributed by atoms with Crippen molar-refractivity contribution in [2.75, 3.05) is 19.0 Å². The molecule has 0 unspecified atom stereocenters. The second-order valence-corrected chi connectivity index (χ2v) is 4.97. The lowest BCUT2D eigenvalue weighted by Gasteiger charge is -2.10. The Morgan fingerprint density at radius 2 is 2.00 bits per heavy atom. The molecular formula is C10H11ClN4S. The van der Waals surface area contributed by atoms with E-state index >= 15 is 0 Å². The van der Waals surface area contributed by atoms with Gasteiger partial charge in [0.1, 0.15) is 0 Å². The van der Waals surface area contributed by atoms with Crippen LogP contribution in [-0.4, -0.2) is 29.0 Å². The van der Waals surface area contributed by atoms with Crippen LogP contribution in [-0.2, 0) is 0 Å². The number of rotatable bonds is 2. The summed E-state index contributed by atoms with van der Waals surface area (Å²) in [4.78, 5) is 15.5. The van der Waals surface area contributed by atoms with Gasteiger partial charge >= 0.3 is 0 Å². The predicted molar refractivity (Wildman–Crippen MR) is 67.2 cm³/mol. The van der Waals surface area contributed by atoms with Crippen LogP contribution in [0.1, 0.15) is 4.88 Å². The van der Waals surface area contributed by atoms with Crippen molar-refractivity contribution in [3.05, 3.63) is 21.6 Å². The van der Waals surface area contributed by atoms with Crippen molar-refractivity contribution in [3.63, 3.8) is 0 Å². The highest BCUT2D eigenvalue weighted by Gasteiger charge is 2.11. The topological polar surface area (TPSA) is 41.9 Å². The fraction of sp³-hybridized carbons (Fsp3) is 0.300.